The molecule has 0 aliphatic carbocycles. The van der Waals surface area contributed by atoms with Crippen molar-refractivity contribution in [2.24, 2.45) is 0 Å². The van der Waals surface area contributed by atoms with Gasteiger partial charge in [0.25, 0.3) is 0 Å². The standard InChI is InChI=1S/C6H12O.9CH4/c1-3-5-6(7)4-2;;;;;;;;;/h3-5H2,1-2H3;9*1H4. The van der Waals surface area contributed by atoms with Crippen molar-refractivity contribution in [2.45, 2.75) is 99.9 Å². The molecule has 0 unspecified atom stereocenters. The highest BCUT2D eigenvalue weighted by Gasteiger charge is 1.91. The monoisotopic (exact) mass is 244 g/mol. The van der Waals surface area contributed by atoms with E-state index in [0.717, 1.165) is 12.8 Å². The summed E-state index contributed by atoms with van der Waals surface area (Å²) in [6, 6.07) is 0. The fraction of sp³-hybridized carbons (Fsp3) is 0.933. The molecule has 0 amide bonds. The van der Waals surface area contributed by atoms with Gasteiger partial charge < -0.3 is 0 Å². The Morgan fingerprint density at radius 2 is 0.938 bits per heavy atom. The predicted octanol–water partition coefficient (Wildman–Crippen LogP) is 7.49. The van der Waals surface area contributed by atoms with Gasteiger partial charge in [-0.25, -0.2) is 0 Å². The molecule has 0 saturated heterocycles. The zero-order valence-electron chi connectivity index (χ0n) is 5.03. The average Bonchev–Trinajstić information content (AvgIpc) is 1.68. The Hall–Kier alpha value is -0.330. The third-order valence-electron chi connectivity index (χ3n) is 0.923. The van der Waals surface area contributed by atoms with Gasteiger partial charge in [-0.3, -0.25) is 4.79 Å². The molecule has 0 radical (unpaired) electrons. The summed E-state index contributed by atoms with van der Waals surface area (Å²) < 4.78 is 0. The van der Waals surface area contributed by atoms with Gasteiger partial charge in [0.2, 0.25) is 0 Å². The first-order valence-corrected chi connectivity index (χ1v) is 2.83. The number of hydrogen-bond acceptors (Lipinski definition) is 1. The Labute approximate surface area is 111 Å². The Balaban J connectivity index is -0.00000000500. The number of Topliss-reactive ketones (excluding diaryl/α,β-unsaturated/α-hetero) is 1. The van der Waals surface area contributed by atoms with Gasteiger partial charge in [0.05, 0.1) is 0 Å². The van der Waals surface area contributed by atoms with Crippen LogP contribution in [0.1, 0.15) is 99.9 Å². The molecule has 0 aliphatic heterocycles. The molecule has 16 heavy (non-hydrogen) atoms. The number of ketones is 1. The van der Waals surface area contributed by atoms with E-state index in [4.69, 9.17) is 0 Å². The number of carbonyl (C=O) groups excluding carboxylic acids is 1. The van der Waals surface area contributed by atoms with Gasteiger partial charge in [0, 0.05) is 12.8 Å². The van der Waals surface area contributed by atoms with Crippen LogP contribution in [0.15, 0.2) is 0 Å². The van der Waals surface area contributed by atoms with E-state index in [1.54, 1.807) is 0 Å². The minimum Gasteiger partial charge on any atom is -0.300 e. The van der Waals surface area contributed by atoms with Crippen molar-refractivity contribution in [1.82, 2.24) is 0 Å². The fourth-order valence-electron chi connectivity index (χ4n) is 0.456. The van der Waals surface area contributed by atoms with E-state index < -0.39 is 0 Å². The summed E-state index contributed by atoms with van der Waals surface area (Å²) >= 11 is 0. The second kappa shape index (κ2) is 85.3. The lowest BCUT2D eigenvalue weighted by Gasteiger charge is -1.87. The Bertz CT molecular complexity index is 58.5. The molecule has 0 aromatic heterocycles. The van der Waals surface area contributed by atoms with Crippen LogP contribution < -0.4 is 0 Å². The topological polar surface area (TPSA) is 17.1 Å². The van der Waals surface area contributed by atoms with Crippen LogP contribution in [0, 0.1) is 0 Å². The maximum Gasteiger partial charge on any atom is 0.132 e. The Morgan fingerprint density at radius 1 is 0.688 bits per heavy atom. The molecule has 0 fully saturated rings. The molecular weight excluding hydrogens is 196 g/mol. The zero-order chi connectivity index (χ0) is 5.70. The molecule has 0 aromatic rings. The Kier molecular flexibility index (Phi) is 559. The molecule has 0 N–H and O–H groups in total. The van der Waals surface area contributed by atoms with Crippen LogP contribution in [-0.2, 0) is 4.79 Å². The molecule has 0 rings (SSSR count). The lowest BCUT2D eigenvalue weighted by atomic mass is 10.2. The van der Waals surface area contributed by atoms with Crippen molar-refractivity contribution in [3.8, 4) is 0 Å². The van der Waals surface area contributed by atoms with E-state index in [1.807, 2.05) is 13.8 Å². The average molecular weight is 245 g/mol. The van der Waals surface area contributed by atoms with Gasteiger partial charge in [-0.15, -0.1) is 0 Å². The highest BCUT2D eigenvalue weighted by Crippen LogP contribution is 1.90. The van der Waals surface area contributed by atoms with Gasteiger partial charge in [-0.1, -0.05) is 80.7 Å². The number of hydrogen-bond donors (Lipinski definition) is 0. The quantitative estimate of drug-likeness (QED) is 0.502. The molecular formula is C15H48O. The first-order chi connectivity index (χ1) is 3.31. The van der Waals surface area contributed by atoms with E-state index in [2.05, 4.69) is 0 Å². The summed E-state index contributed by atoms with van der Waals surface area (Å²) in [5.74, 6) is 0.377. The summed E-state index contributed by atoms with van der Waals surface area (Å²) in [5.41, 5.74) is 0. The molecule has 114 valence electrons. The van der Waals surface area contributed by atoms with Crippen LogP contribution >= 0.6 is 0 Å². The summed E-state index contributed by atoms with van der Waals surface area (Å²) in [5, 5.41) is 0. The lowest BCUT2D eigenvalue weighted by Crippen LogP contribution is -1.91. The SMILES string of the molecule is C.C.C.C.C.C.C.C.C.CCCC(=O)CC. The molecule has 0 spiro atoms. The summed E-state index contributed by atoms with van der Waals surface area (Å²) in [7, 11) is 0. The number of carbonyl (C=O) groups is 1. The minimum absolute atomic E-state index is 0. The molecule has 0 bridgehead atoms. The van der Waals surface area contributed by atoms with Crippen LogP contribution in [0.5, 0.6) is 0 Å². The minimum atomic E-state index is 0. The molecule has 0 atom stereocenters. The maximum absolute atomic E-state index is 10.4. The van der Waals surface area contributed by atoms with E-state index in [1.165, 1.54) is 0 Å². The van der Waals surface area contributed by atoms with Gasteiger partial charge in [-0.2, -0.15) is 0 Å². The molecule has 0 heterocycles. The second-order valence-electron chi connectivity index (χ2n) is 1.64. The molecule has 0 aromatic carbocycles. The van der Waals surface area contributed by atoms with Crippen LogP contribution in [0.4, 0.5) is 0 Å². The van der Waals surface area contributed by atoms with Crippen LogP contribution in [0.3, 0.4) is 0 Å². The second-order valence-corrected chi connectivity index (χ2v) is 1.64. The number of rotatable bonds is 3. The van der Waals surface area contributed by atoms with Crippen LogP contribution in [0.25, 0.3) is 0 Å². The maximum atomic E-state index is 10.4. The highest BCUT2D eigenvalue weighted by atomic mass is 16.1. The van der Waals surface area contributed by atoms with Crippen molar-refractivity contribution in [3.05, 3.63) is 0 Å². The predicted molar refractivity (Wildman–Crippen MR) is 90.8 cm³/mol. The normalized spacial score (nSPS) is 3.88. The van der Waals surface area contributed by atoms with Gasteiger partial charge in [0.1, 0.15) is 5.78 Å². The summed E-state index contributed by atoms with van der Waals surface area (Å²) in [6.07, 6.45) is 2.46. The first-order valence-electron chi connectivity index (χ1n) is 2.83. The fourth-order valence-corrected chi connectivity index (χ4v) is 0.456. The van der Waals surface area contributed by atoms with Gasteiger partial charge in [0.15, 0.2) is 0 Å². The van der Waals surface area contributed by atoms with Crippen molar-refractivity contribution in [1.29, 1.82) is 0 Å². The highest BCUT2D eigenvalue weighted by molar-refractivity contribution is 5.77. The van der Waals surface area contributed by atoms with E-state index >= 15 is 0 Å². The van der Waals surface area contributed by atoms with E-state index in [9.17, 15) is 4.79 Å². The van der Waals surface area contributed by atoms with Crippen molar-refractivity contribution < 1.29 is 4.79 Å². The van der Waals surface area contributed by atoms with Crippen LogP contribution in [0.2, 0.25) is 0 Å². The molecule has 0 aliphatic rings. The van der Waals surface area contributed by atoms with Crippen molar-refractivity contribution in [3.63, 3.8) is 0 Å². The lowest BCUT2D eigenvalue weighted by molar-refractivity contribution is -0.118. The summed E-state index contributed by atoms with van der Waals surface area (Å²) in [4.78, 5) is 10.4. The molecule has 0 saturated carbocycles. The Morgan fingerprint density at radius 3 is 1.00 bits per heavy atom. The molecule has 1 nitrogen and oxygen atoms in total. The zero-order valence-corrected chi connectivity index (χ0v) is 5.03. The van der Waals surface area contributed by atoms with E-state index in [-0.39, 0.29) is 66.8 Å². The van der Waals surface area contributed by atoms with Gasteiger partial charge >= 0.3 is 0 Å². The first kappa shape index (κ1) is 105. The van der Waals surface area contributed by atoms with Crippen molar-refractivity contribution in [2.75, 3.05) is 0 Å². The molecule has 1 heteroatoms. The van der Waals surface area contributed by atoms with Gasteiger partial charge in [-0.05, 0) is 6.42 Å². The summed E-state index contributed by atoms with van der Waals surface area (Å²) in [6.45, 7) is 3.92. The third kappa shape index (κ3) is 101. The smallest absolute Gasteiger partial charge is 0.132 e. The van der Waals surface area contributed by atoms with Crippen molar-refractivity contribution >= 4 is 5.78 Å². The van der Waals surface area contributed by atoms with E-state index in [0.29, 0.717) is 12.2 Å². The third-order valence-corrected chi connectivity index (χ3v) is 0.923. The van der Waals surface area contributed by atoms with Crippen LogP contribution in [-0.4, -0.2) is 5.78 Å². The largest absolute Gasteiger partial charge is 0.300 e.